The van der Waals surface area contributed by atoms with E-state index in [0.717, 1.165) is 26.1 Å². The highest BCUT2D eigenvalue weighted by molar-refractivity contribution is 4.90. The number of nitrogens with two attached hydrogens (primary N) is 1. The first kappa shape index (κ1) is 11.4. The smallest absolute Gasteiger partial charge is 0.0730 e. The molecular weight excluding hydrogens is 188 g/mol. The quantitative estimate of drug-likeness (QED) is 0.765. The lowest BCUT2D eigenvalue weighted by atomic mass is 10.1. The number of rotatable bonds is 4. The van der Waals surface area contributed by atoms with Gasteiger partial charge in [0.2, 0.25) is 0 Å². The monoisotopic (exact) mass is 212 g/mol. The van der Waals surface area contributed by atoms with Crippen LogP contribution < -0.4 is 5.73 Å². The molecule has 15 heavy (non-hydrogen) atoms. The highest BCUT2D eigenvalue weighted by atomic mass is 16.5. The number of ether oxygens (including phenoxy) is 1. The molecule has 1 saturated heterocycles. The first-order valence-corrected chi connectivity index (χ1v) is 6.42. The van der Waals surface area contributed by atoms with Gasteiger partial charge in [-0.2, -0.15) is 0 Å². The highest BCUT2D eigenvalue weighted by Crippen LogP contribution is 2.29. The molecule has 2 aliphatic rings. The molecule has 0 bridgehead atoms. The molecule has 3 heteroatoms. The van der Waals surface area contributed by atoms with E-state index in [4.69, 9.17) is 10.5 Å². The molecule has 0 aromatic carbocycles. The molecule has 1 heterocycles. The Morgan fingerprint density at radius 3 is 3.13 bits per heavy atom. The van der Waals surface area contributed by atoms with Gasteiger partial charge in [0.25, 0.3) is 0 Å². The minimum Gasteiger partial charge on any atom is -0.375 e. The molecule has 0 spiro atoms. The van der Waals surface area contributed by atoms with Crippen molar-refractivity contribution in [1.29, 1.82) is 0 Å². The van der Waals surface area contributed by atoms with Gasteiger partial charge in [-0.3, -0.25) is 4.90 Å². The van der Waals surface area contributed by atoms with Gasteiger partial charge in [-0.05, 0) is 25.7 Å². The van der Waals surface area contributed by atoms with Crippen molar-refractivity contribution >= 4 is 0 Å². The van der Waals surface area contributed by atoms with E-state index in [0.29, 0.717) is 18.2 Å². The lowest BCUT2D eigenvalue weighted by Crippen LogP contribution is -2.52. The second-order valence-electron chi connectivity index (χ2n) is 4.95. The summed E-state index contributed by atoms with van der Waals surface area (Å²) in [6, 6.07) is 1.02. The van der Waals surface area contributed by atoms with Crippen LogP contribution in [0.25, 0.3) is 0 Å². The maximum atomic E-state index is 6.12. The topological polar surface area (TPSA) is 38.5 Å². The number of morpholine rings is 1. The average Bonchev–Trinajstić information content (AvgIpc) is 2.67. The first-order chi connectivity index (χ1) is 7.31. The zero-order valence-electron chi connectivity index (χ0n) is 9.82. The van der Waals surface area contributed by atoms with Crippen molar-refractivity contribution in [3.63, 3.8) is 0 Å². The number of fused-ring (bicyclic) bond motifs is 1. The predicted octanol–water partition coefficient (Wildman–Crippen LogP) is 1.37. The molecule has 1 aliphatic carbocycles. The summed E-state index contributed by atoms with van der Waals surface area (Å²) < 4.78 is 5.79. The lowest BCUT2D eigenvalue weighted by molar-refractivity contribution is -0.0572. The van der Waals surface area contributed by atoms with Gasteiger partial charge in [0, 0.05) is 25.2 Å². The maximum Gasteiger partial charge on any atom is 0.0730 e. The van der Waals surface area contributed by atoms with Crippen LogP contribution in [-0.4, -0.2) is 42.8 Å². The van der Waals surface area contributed by atoms with Crippen molar-refractivity contribution in [2.45, 2.75) is 57.2 Å². The Labute approximate surface area is 93.0 Å². The van der Waals surface area contributed by atoms with Crippen LogP contribution in [0, 0.1) is 0 Å². The largest absolute Gasteiger partial charge is 0.375 e. The van der Waals surface area contributed by atoms with Crippen molar-refractivity contribution in [3.05, 3.63) is 0 Å². The summed E-state index contributed by atoms with van der Waals surface area (Å²) in [6.45, 7) is 5.26. The molecule has 3 nitrogen and oxygen atoms in total. The number of hydrogen-bond donors (Lipinski definition) is 1. The lowest BCUT2D eigenvalue weighted by Gasteiger charge is -2.38. The molecule has 3 atom stereocenters. The summed E-state index contributed by atoms with van der Waals surface area (Å²) in [6.07, 6.45) is 6.74. The molecule has 0 radical (unpaired) electrons. The predicted molar refractivity (Wildman–Crippen MR) is 61.8 cm³/mol. The minimum atomic E-state index is 0.356. The number of hydrogen-bond acceptors (Lipinski definition) is 3. The van der Waals surface area contributed by atoms with Crippen LogP contribution in [-0.2, 0) is 4.74 Å². The van der Waals surface area contributed by atoms with E-state index in [1.807, 2.05) is 0 Å². The summed E-state index contributed by atoms with van der Waals surface area (Å²) in [5.74, 6) is 0. The fourth-order valence-electron chi connectivity index (χ4n) is 3.00. The first-order valence-electron chi connectivity index (χ1n) is 6.42. The van der Waals surface area contributed by atoms with Crippen LogP contribution in [0.5, 0.6) is 0 Å². The highest BCUT2D eigenvalue weighted by Gasteiger charge is 2.36. The van der Waals surface area contributed by atoms with Crippen LogP contribution in [0.3, 0.4) is 0 Å². The van der Waals surface area contributed by atoms with Crippen molar-refractivity contribution in [2.24, 2.45) is 5.73 Å². The Morgan fingerprint density at radius 2 is 2.33 bits per heavy atom. The van der Waals surface area contributed by atoms with E-state index < -0.39 is 0 Å². The summed E-state index contributed by atoms with van der Waals surface area (Å²) in [7, 11) is 0. The molecule has 1 aliphatic heterocycles. The van der Waals surface area contributed by atoms with Crippen LogP contribution in [0.15, 0.2) is 0 Å². The third-order valence-electron chi connectivity index (χ3n) is 3.73. The third-order valence-corrected chi connectivity index (χ3v) is 3.73. The van der Waals surface area contributed by atoms with Crippen LogP contribution >= 0.6 is 0 Å². The summed E-state index contributed by atoms with van der Waals surface area (Å²) in [5.41, 5.74) is 6.12. The van der Waals surface area contributed by atoms with Crippen LogP contribution in [0.1, 0.15) is 39.0 Å². The van der Waals surface area contributed by atoms with Gasteiger partial charge < -0.3 is 10.5 Å². The van der Waals surface area contributed by atoms with Crippen molar-refractivity contribution in [2.75, 3.05) is 19.7 Å². The van der Waals surface area contributed by atoms with E-state index in [1.165, 1.54) is 25.7 Å². The van der Waals surface area contributed by atoms with E-state index in [1.54, 1.807) is 0 Å². The van der Waals surface area contributed by atoms with Crippen molar-refractivity contribution in [3.8, 4) is 0 Å². The standard InChI is InChI=1S/C12H24N2O/c1-2-4-10(13)9-14-7-8-15-12-6-3-5-11(12)14/h10-12H,2-9,13H2,1H3. The van der Waals surface area contributed by atoms with Gasteiger partial charge in [0.1, 0.15) is 0 Å². The van der Waals surface area contributed by atoms with Crippen molar-refractivity contribution in [1.82, 2.24) is 4.90 Å². The molecule has 1 saturated carbocycles. The number of nitrogens with zero attached hydrogens (tertiary/aromatic N) is 1. The van der Waals surface area contributed by atoms with E-state index >= 15 is 0 Å². The van der Waals surface area contributed by atoms with Gasteiger partial charge in [-0.25, -0.2) is 0 Å². The van der Waals surface area contributed by atoms with Crippen molar-refractivity contribution < 1.29 is 4.74 Å². The normalized spacial score (nSPS) is 34.0. The minimum absolute atomic E-state index is 0.356. The molecule has 3 unspecified atom stereocenters. The molecule has 2 fully saturated rings. The molecule has 0 aromatic heterocycles. The van der Waals surface area contributed by atoms with Gasteiger partial charge >= 0.3 is 0 Å². The van der Waals surface area contributed by atoms with Gasteiger partial charge in [0.05, 0.1) is 12.7 Å². The molecular formula is C12H24N2O. The van der Waals surface area contributed by atoms with Crippen LogP contribution in [0.4, 0.5) is 0 Å². The Bertz CT molecular complexity index is 198. The van der Waals surface area contributed by atoms with Crippen LogP contribution in [0.2, 0.25) is 0 Å². The summed E-state index contributed by atoms with van der Waals surface area (Å²) in [5, 5.41) is 0. The summed E-state index contributed by atoms with van der Waals surface area (Å²) >= 11 is 0. The van der Waals surface area contributed by atoms with E-state index in [-0.39, 0.29) is 0 Å². The molecule has 2 N–H and O–H groups in total. The Morgan fingerprint density at radius 1 is 1.47 bits per heavy atom. The zero-order chi connectivity index (χ0) is 10.7. The average molecular weight is 212 g/mol. The Balaban J connectivity index is 1.84. The van der Waals surface area contributed by atoms with Gasteiger partial charge in [-0.15, -0.1) is 0 Å². The van der Waals surface area contributed by atoms with E-state index in [2.05, 4.69) is 11.8 Å². The second kappa shape index (κ2) is 5.28. The van der Waals surface area contributed by atoms with E-state index in [9.17, 15) is 0 Å². The molecule has 0 aromatic rings. The maximum absolute atomic E-state index is 6.12. The SMILES string of the molecule is CCCC(N)CN1CCOC2CCCC21. The fourth-order valence-corrected chi connectivity index (χ4v) is 3.00. The Kier molecular flexibility index (Phi) is 4.00. The van der Waals surface area contributed by atoms with Gasteiger partial charge in [0.15, 0.2) is 0 Å². The molecule has 0 amide bonds. The Hall–Kier alpha value is -0.120. The second-order valence-corrected chi connectivity index (χ2v) is 4.95. The summed E-state index contributed by atoms with van der Waals surface area (Å²) in [4.78, 5) is 2.57. The zero-order valence-corrected chi connectivity index (χ0v) is 9.82. The molecule has 88 valence electrons. The third kappa shape index (κ3) is 2.71. The fraction of sp³-hybridized carbons (Fsp3) is 1.00. The molecule has 2 rings (SSSR count). The van der Waals surface area contributed by atoms with Gasteiger partial charge in [-0.1, -0.05) is 13.3 Å².